The van der Waals surface area contributed by atoms with E-state index in [1.54, 1.807) is 43.5 Å². The van der Waals surface area contributed by atoms with Gasteiger partial charge in [0, 0.05) is 12.6 Å². The molecule has 0 saturated carbocycles. The molecule has 0 aromatic heterocycles. The maximum atomic E-state index is 12.8. The number of hydrogen-bond acceptors (Lipinski definition) is 4. The number of benzene rings is 3. The standard InChI is InChI=1S/C13H13FN2.C8H8O2/c1-16-13-8-10(4-7-12(13)15)9-2-5-11(14)6-3-9;1-10-8-4-2-7(6-9)3-5-8/h2-8,16H,15H2,1H3;2-6H,1H3. The molecule has 3 N–H and O–H groups in total. The van der Waals surface area contributed by atoms with Crippen molar-refractivity contribution in [2.45, 2.75) is 0 Å². The Kier molecular flexibility index (Phi) is 6.74. The van der Waals surface area contributed by atoms with Crippen LogP contribution in [0.1, 0.15) is 10.4 Å². The Bertz CT molecular complexity index is 847. The summed E-state index contributed by atoms with van der Waals surface area (Å²) in [6.07, 6.45) is 0.805. The van der Waals surface area contributed by atoms with Gasteiger partial charge in [-0.2, -0.15) is 0 Å². The fraction of sp³-hybridized carbons (Fsp3) is 0.0952. The van der Waals surface area contributed by atoms with E-state index in [2.05, 4.69) is 5.32 Å². The Morgan fingerprint density at radius 2 is 1.58 bits per heavy atom. The summed E-state index contributed by atoms with van der Waals surface area (Å²) in [5.74, 6) is 0.540. The van der Waals surface area contributed by atoms with Gasteiger partial charge in [0.1, 0.15) is 17.9 Å². The quantitative estimate of drug-likeness (QED) is 0.531. The van der Waals surface area contributed by atoms with Gasteiger partial charge in [-0.25, -0.2) is 4.39 Å². The molecule has 0 aliphatic heterocycles. The molecule has 0 atom stereocenters. The van der Waals surface area contributed by atoms with Crippen molar-refractivity contribution >= 4 is 17.7 Å². The van der Waals surface area contributed by atoms with Gasteiger partial charge in [0.2, 0.25) is 0 Å². The first-order valence-electron chi connectivity index (χ1n) is 8.00. The first-order chi connectivity index (χ1) is 12.6. The largest absolute Gasteiger partial charge is 0.497 e. The maximum absolute atomic E-state index is 12.8. The first-order valence-corrected chi connectivity index (χ1v) is 8.00. The zero-order valence-corrected chi connectivity index (χ0v) is 14.7. The molecule has 5 heteroatoms. The Labute approximate surface area is 152 Å². The van der Waals surface area contributed by atoms with Crippen molar-refractivity contribution in [1.82, 2.24) is 0 Å². The second-order valence-corrected chi connectivity index (χ2v) is 5.45. The van der Waals surface area contributed by atoms with Gasteiger partial charge in [-0.05, 0) is 59.7 Å². The predicted octanol–water partition coefficient (Wildman–Crippen LogP) is 4.62. The molecule has 0 radical (unpaired) electrons. The van der Waals surface area contributed by atoms with Crippen LogP contribution in [0.5, 0.6) is 5.75 Å². The predicted molar refractivity (Wildman–Crippen MR) is 104 cm³/mol. The topological polar surface area (TPSA) is 64.3 Å². The van der Waals surface area contributed by atoms with Crippen LogP contribution in [0.25, 0.3) is 11.1 Å². The third-order valence-electron chi connectivity index (χ3n) is 3.75. The molecule has 0 spiro atoms. The minimum absolute atomic E-state index is 0.229. The van der Waals surface area contributed by atoms with Gasteiger partial charge in [0.15, 0.2) is 0 Å². The molecule has 3 rings (SSSR count). The molecule has 0 bridgehead atoms. The summed E-state index contributed by atoms with van der Waals surface area (Å²) in [5.41, 5.74) is 10.0. The van der Waals surface area contributed by atoms with Crippen LogP contribution < -0.4 is 15.8 Å². The lowest BCUT2D eigenvalue weighted by atomic mass is 10.0. The molecule has 3 aromatic rings. The lowest BCUT2D eigenvalue weighted by molar-refractivity contribution is 0.112. The second kappa shape index (κ2) is 9.22. The molecular formula is C21H21FN2O2. The van der Waals surface area contributed by atoms with E-state index >= 15 is 0 Å². The summed E-state index contributed by atoms with van der Waals surface area (Å²) in [6.45, 7) is 0. The number of nitrogen functional groups attached to an aromatic ring is 1. The lowest BCUT2D eigenvalue weighted by Gasteiger charge is -2.08. The number of carbonyl (C=O) groups is 1. The number of anilines is 2. The highest BCUT2D eigenvalue weighted by molar-refractivity contribution is 5.76. The van der Waals surface area contributed by atoms with E-state index in [0.29, 0.717) is 11.3 Å². The van der Waals surface area contributed by atoms with Crippen LogP contribution in [0, 0.1) is 5.82 Å². The normalized spacial score (nSPS) is 9.65. The fourth-order valence-corrected chi connectivity index (χ4v) is 2.28. The van der Waals surface area contributed by atoms with Crippen LogP contribution in [0.4, 0.5) is 15.8 Å². The van der Waals surface area contributed by atoms with Crippen LogP contribution in [0.3, 0.4) is 0 Å². The lowest BCUT2D eigenvalue weighted by Crippen LogP contribution is -1.95. The van der Waals surface area contributed by atoms with E-state index in [4.69, 9.17) is 10.5 Å². The number of nitrogens with one attached hydrogen (secondary N) is 1. The highest BCUT2D eigenvalue weighted by Crippen LogP contribution is 2.26. The third-order valence-corrected chi connectivity index (χ3v) is 3.75. The van der Waals surface area contributed by atoms with Crippen molar-refractivity contribution in [3.8, 4) is 16.9 Å². The molecule has 0 amide bonds. The van der Waals surface area contributed by atoms with Gasteiger partial charge in [-0.3, -0.25) is 4.79 Å². The van der Waals surface area contributed by atoms with E-state index in [-0.39, 0.29) is 5.82 Å². The number of rotatable bonds is 4. The van der Waals surface area contributed by atoms with Crippen molar-refractivity contribution in [2.24, 2.45) is 0 Å². The van der Waals surface area contributed by atoms with Gasteiger partial charge in [0.05, 0.1) is 18.5 Å². The van der Waals surface area contributed by atoms with Gasteiger partial charge >= 0.3 is 0 Å². The number of carbonyl (C=O) groups excluding carboxylic acids is 1. The summed E-state index contributed by atoms with van der Waals surface area (Å²) in [7, 11) is 3.41. The maximum Gasteiger partial charge on any atom is 0.150 e. The summed E-state index contributed by atoms with van der Waals surface area (Å²) in [4.78, 5) is 10.2. The molecule has 0 heterocycles. The van der Waals surface area contributed by atoms with Crippen LogP contribution in [0.15, 0.2) is 66.7 Å². The molecule has 26 heavy (non-hydrogen) atoms. The van der Waals surface area contributed by atoms with Crippen molar-refractivity contribution in [3.05, 3.63) is 78.1 Å². The molecule has 0 aliphatic rings. The zero-order chi connectivity index (χ0) is 18.9. The van der Waals surface area contributed by atoms with Gasteiger partial charge < -0.3 is 15.8 Å². The highest BCUT2D eigenvalue weighted by atomic mass is 19.1. The van der Waals surface area contributed by atoms with Gasteiger partial charge in [-0.1, -0.05) is 18.2 Å². The Morgan fingerprint density at radius 3 is 2.12 bits per heavy atom. The van der Waals surface area contributed by atoms with Gasteiger partial charge in [0.25, 0.3) is 0 Å². The van der Waals surface area contributed by atoms with Crippen molar-refractivity contribution in [3.63, 3.8) is 0 Å². The smallest absolute Gasteiger partial charge is 0.150 e. The average Bonchev–Trinajstić information content (AvgIpc) is 2.69. The Morgan fingerprint density at radius 1 is 0.962 bits per heavy atom. The third kappa shape index (κ3) is 5.08. The van der Waals surface area contributed by atoms with E-state index in [0.717, 1.165) is 28.8 Å². The van der Waals surface area contributed by atoms with Crippen molar-refractivity contribution in [2.75, 3.05) is 25.2 Å². The molecule has 4 nitrogen and oxygen atoms in total. The number of hydrogen-bond donors (Lipinski definition) is 2. The minimum Gasteiger partial charge on any atom is -0.497 e. The summed E-state index contributed by atoms with van der Waals surface area (Å²) < 4.78 is 17.7. The van der Waals surface area contributed by atoms with Gasteiger partial charge in [-0.15, -0.1) is 0 Å². The summed E-state index contributed by atoms with van der Waals surface area (Å²) in [6, 6.07) is 19.0. The van der Waals surface area contributed by atoms with E-state index in [1.807, 2.05) is 25.2 Å². The minimum atomic E-state index is -0.229. The molecular weight excluding hydrogens is 331 g/mol. The average molecular weight is 352 g/mol. The number of nitrogens with two attached hydrogens (primary N) is 1. The first kappa shape index (κ1) is 19.0. The Hall–Kier alpha value is -3.34. The number of methoxy groups -OCH3 is 1. The van der Waals surface area contributed by atoms with E-state index in [9.17, 15) is 9.18 Å². The Balaban J connectivity index is 0.000000209. The van der Waals surface area contributed by atoms with E-state index < -0.39 is 0 Å². The zero-order valence-electron chi connectivity index (χ0n) is 14.7. The van der Waals surface area contributed by atoms with E-state index in [1.165, 1.54) is 12.1 Å². The van der Waals surface area contributed by atoms with Crippen LogP contribution in [0.2, 0.25) is 0 Å². The molecule has 0 aliphatic carbocycles. The number of ether oxygens (including phenoxy) is 1. The summed E-state index contributed by atoms with van der Waals surface area (Å²) in [5, 5.41) is 3.02. The molecule has 0 unspecified atom stereocenters. The van der Waals surface area contributed by atoms with Crippen molar-refractivity contribution in [1.29, 1.82) is 0 Å². The number of aldehydes is 1. The second-order valence-electron chi connectivity index (χ2n) is 5.45. The van der Waals surface area contributed by atoms with Crippen molar-refractivity contribution < 1.29 is 13.9 Å². The number of halogens is 1. The van der Waals surface area contributed by atoms with Crippen LogP contribution >= 0.6 is 0 Å². The SMILES string of the molecule is CNc1cc(-c2ccc(F)cc2)ccc1N.COc1ccc(C=O)cc1. The molecule has 3 aromatic carbocycles. The molecule has 134 valence electrons. The van der Waals surface area contributed by atoms with Crippen LogP contribution in [-0.2, 0) is 0 Å². The molecule has 0 fully saturated rings. The molecule has 0 saturated heterocycles. The summed E-state index contributed by atoms with van der Waals surface area (Å²) >= 11 is 0. The fourth-order valence-electron chi connectivity index (χ4n) is 2.28. The highest BCUT2D eigenvalue weighted by Gasteiger charge is 2.02. The van der Waals surface area contributed by atoms with Crippen LogP contribution in [-0.4, -0.2) is 20.4 Å². The monoisotopic (exact) mass is 352 g/mol.